The Morgan fingerprint density at radius 2 is 1.89 bits per heavy atom. The number of hydrogen-bond acceptors (Lipinski definition) is 3. The fourth-order valence-corrected chi connectivity index (χ4v) is 3.53. The minimum atomic E-state index is -0.418. The predicted molar refractivity (Wildman–Crippen MR) is 105 cm³/mol. The highest BCUT2D eigenvalue weighted by molar-refractivity contribution is 5.96. The van der Waals surface area contributed by atoms with Crippen LogP contribution in [0.3, 0.4) is 0 Å². The highest BCUT2D eigenvalue weighted by Gasteiger charge is 2.37. The largest absolute Gasteiger partial charge is 0.460 e. The maximum Gasteiger partial charge on any atom is 0.336 e. The summed E-state index contributed by atoms with van der Waals surface area (Å²) in [5, 5.41) is 0. The predicted octanol–water partition coefficient (Wildman–Crippen LogP) is 4.57. The molecule has 146 valence electrons. The van der Waals surface area contributed by atoms with E-state index < -0.39 is 5.97 Å². The van der Waals surface area contributed by atoms with E-state index >= 15 is 0 Å². The lowest BCUT2D eigenvalue weighted by Gasteiger charge is -2.34. The quantitative estimate of drug-likeness (QED) is 0.713. The molecule has 4 nitrogen and oxygen atoms in total. The highest BCUT2D eigenvalue weighted by atomic mass is 19.1. The molecule has 2 aromatic carbocycles. The molecule has 1 amide bonds. The SMILES string of the molecule is CC1=C(C(=O)OC(C)C)C(c2ccccc2)CC(=O)N1Cc1cccc(F)c1. The molecule has 1 atom stereocenters. The Balaban J connectivity index is 2.02. The minimum Gasteiger partial charge on any atom is -0.460 e. The number of esters is 1. The third kappa shape index (κ3) is 4.30. The summed E-state index contributed by atoms with van der Waals surface area (Å²) in [7, 11) is 0. The monoisotopic (exact) mass is 381 g/mol. The maximum absolute atomic E-state index is 13.6. The van der Waals surface area contributed by atoms with Crippen LogP contribution in [0.1, 0.15) is 44.2 Å². The molecule has 0 fully saturated rings. The molecule has 2 aromatic rings. The van der Waals surface area contributed by atoms with Crippen LogP contribution in [0.5, 0.6) is 0 Å². The normalized spacial score (nSPS) is 17.2. The Bertz CT molecular complexity index is 905. The van der Waals surface area contributed by atoms with E-state index in [1.165, 1.54) is 12.1 Å². The molecule has 0 aliphatic carbocycles. The van der Waals surface area contributed by atoms with Crippen molar-refractivity contribution in [3.8, 4) is 0 Å². The zero-order valence-corrected chi connectivity index (χ0v) is 16.3. The Morgan fingerprint density at radius 1 is 1.18 bits per heavy atom. The molecule has 1 aliphatic rings. The van der Waals surface area contributed by atoms with Crippen LogP contribution in [0.2, 0.25) is 0 Å². The van der Waals surface area contributed by atoms with Gasteiger partial charge in [-0.2, -0.15) is 0 Å². The standard InChI is InChI=1S/C23H24FNO3/c1-15(2)28-23(27)22-16(3)25(14-17-8-7-11-19(24)12-17)21(26)13-20(22)18-9-5-4-6-10-18/h4-12,15,20H,13-14H2,1-3H3. The number of amides is 1. The summed E-state index contributed by atoms with van der Waals surface area (Å²) < 4.78 is 19.0. The van der Waals surface area contributed by atoms with Crippen LogP contribution >= 0.6 is 0 Å². The van der Waals surface area contributed by atoms with Gasteiger partial charge in [-0.15, -0.1) is 0 Å². The number of carbonyl (C=O) groups is 2. The third-order valence-electron chi connectivity index (χ3n) is 4.82. The van der Waals surface area contributed by atoms with Crippen molar-refractivity contribution >= 4 is 11.9 Å². The molecule has 0 N–H and O–H groups in total. The fourth-order valence-electron chi connectivity index (χ4n) is 3.53. The van der Waals surface area contributed by atoms with Gasteiger partial charge >= 0.3 is 5.97 Å². The number of benzene rings is 2. The summed E-state index contributed by atoms with van der Waals surface area (Å²) in [6.07, 6.45) is -0.0994. The first-order valence-electron chi connectivity index (χ1n) is 9.38. The number of halogens is 1. The van der Waals surface area contributed by atoms with Gasteiger partial charge in [-0.1, -0.05) is 42.5 Å². The number of hydrogen-bond donors (Lipinski definition) is 0. The van der Waals surface area contributed by atoms with Crippen LogP contribution < -0.4 is 0 Å². The van der Waals surface area contributed by atoms with E-state index in [1.54, 1.807) is 37.8 Å². The topological polar surface area (TPSA) is 46.6 Å². The number of nitrogens with zero attached hydrogens (tertiary/aromatic N) is 1. The molecule has 0 spiro atoms. The highest BCUT2D eigenvalue weighted by Crippen LogP contribution is 2.37. The van der Waals surface area contributed by atoms with Crippen LogP contribution in [0.15, 0.2) is 65.9 Å². The first-order chi connectivity index (χ1) is 13.4. The molecule has 3 rings (SSSR count). The van der Waals surface area contributed by atoms with Crippen molar-refractivity contribution in [2.45, 2.75) is 45.8 Å². The van der Waals surface area contributed by atoms with Gasteiger partial charge in [-0.25, -0.2) is 9.18 Å². The smallest absolute Gasteiger partial charge is 0.336 e. The third-order valence-corrected chi connectivity index (χ3v) is 4.82. The van der Waals surface area contributed by atoms with Crippen LogP contribution in [-0.2, 0) is 20.9 Å². The van der Waals surface area contributed by atoms with Crippen LogP contribution in [-0.4, -0.2) is 22.9 Å². The number of allylic oxidation sites excluding steroid dienone is 1. The van der Waals surface area contributed by atoms with Crippen molar-refractivity contribution in [1.82, 2.24) is 4.90 Å². The average molecular weight is 381 g/mol. The first-order valence-corrected chi connectivity index (χ1v) is 9.38. The summed E-state index contributed by atoms with van der Waals surface area (Å²) in [6.45, 7) is 5.55. The average Bonchev–Trinajstić information content (AvgIpc) is 2.64. The molecule has 5 heteroatoms. The van der Waals surface area contributed by atoms with E-state index in [0.717, 1.165) is 5.56 Å². The fraction of sp³-hybridized carbons (Fsp3) is 0.304. The van der Waals surface area contributed by atoms with Gasteiger partial charge in [0.2, 0.25) is 5.91 Å². The van der Waals surface area contributed by atoms with Gasteiger partial charge < -0.3 is 9.64 Å². The Hall–Kier alpha value is -2.95. The molecular formula is C23H24FNO3. The lowest BCUT2D eigenvalue weighted by molar-refractivity contribution is -0.143. The summed E-state index contributed by atoms with van der Waals surface area (Å²) >= 11 is 0. The summed E-state index contributed by atoms with van der Waals surface area (Å²) in [5.41, 5.74) is 2.61. The van der Waals surface area contributed by atoms with Crippen LogP contribution in [0.25, 0.3) is 0 Å². The van der Waals surface area contributed by atoms with E-state index in [0.29, 0.717) is 16.8 Å². The first kappa shape index (κ1) is 19.8. The van der Waals surface area contributed by atoms with Gasteiger partial charge in [-0.3, -0.25) is 4.79 Å². The van der Waals surface area contributed by atoms with Gasteiger partial charge in [0.15, 0.2) is 0 Å². The molecule has 0 saturated heterocycles. The van der Waals surface area contributed by atoms with Gasteiger partial charge in [0.1, 0.15) is 5.82 Å². The van der Waals surface area contributed by atoms with Crippen molar-refractivity contribution < 1.29 is 18.7 Å². The van der Waals surface area contributed by atoms with Crippen molar-refractivity contribution in [3.05, 3.63) is 82.8 Å². The van der Waals surface area contributed by atoms with Gasteiger partial charge in [0.05, 0.1) is 18.2 Å². The lowest BCUT2D eigenvalue weighted by Crippen LogP contribution is -2.38. The number of rotatable bonds is 5. The molecule has 1 unspecified atom stereocenters. The summed E-state index contributed by atoms with van der Waals surface area (Å²) in [5.74, 6) is -1.23. The Kier molecular flexibility index (Phi) is 5.93. The molecule has 1 aliphatic heterocycles. The van der Waals surface area contributed by atoms with Crippen LogP contribution in [0, 0.1) is 5.82 Å². The molecule has 0 saturated carbocycles. The Morgan fingerprint density at radius 3 is 2.54 bits per heavy atom. The van der Waals surface area contributed by atoms with Gasteiger partial charge in [0, 0.05) is 18.0 Å². The zero-order valence-electron chi connectivity index (χ0n) is 16.3. The lowest BCUT2D eigenvalue weighted by atomic mass is 9.83. The van der Waals surface area contributed by atoms with E-state index in [4.69, 9.17) is 4.74 Å². The van der Waals surface area contributed by atoms with E-state index in [1.807, 2.05) is 30.3 Å². The summed E-state index contributed by atoms with van der Waals surface area (Å²) in [6, 6.07) is 15.6. The molecule has 28 heavy (non-hydrogen) atoms. The van der Waals surface area contributed by atoms with E-state index in [2.05, 4.69) is 0 Å². The van der Waals surface area contributed by atoms with Crippen LogP contribution in [0.4, 0.5) is 4.39 Å². The van der Waals surface area contributed by atoms with Crippen molar-refractivity contribution in [3.63, 3.8) is 0 Å². The molecule has 0 aromatic heterocycles. The zero-order chi connectivity index (χ0) is 20.3. The second-order valence-corrected chi connectivity index (χ2v) is 7.23. The van der Waals surface area contributed by atoms with Crippen molar-refractivity contribution in [2.24, 2.45) is 0 Å². The van der Waals surface area contributed by atoms with E-state index in [-0.39, 0.29) is 36.7 Å². The molecule has 0 bridgehead atoms. The van der Waals surface area contributed by atoms with Crippen molar-refractivity contribution in [1.29, 1.82) is 0 Å². The summed E-state index contributed by atoms with van der Waals surface area (Å²) in [4.78, 5) is 27.3. The van der Waals surface area contributed by atoms with Gasteiger partial charge in [-0.05, 0) is 44.0 Å². The molecule has 1 heterocycles. The minimum absolute atomic E-state index is 0.100. The number of ether oxygens (including phenoxy) is 1. The maximum atomic E-state index is 13.6. The van der Waals surface area contributed by atoms with Gasteiger partial charge in [0.25, 0.3) is 0 Å². The molecular weight excluding hydrogens is 357 g/mol. The number of carbonyl (C=O) groups excluding carboxylic acids is 2. The van der Waals surface area contributed by atoms with E-state index in [9.17, 15) is 14.0 Å². The second-order valence-electron chi connectivity index (χ2n) is 7.23. The molecule has 0 radical (unpaired) electrons. The second kappa shape index (κ2) is 8.38. The Labute approximate surface area is 164 Å². The van der Waals surface area contributed by atoms with Crippen molar-refractivity contribution in [2.75, 3.05) is 0 Å².